The number of amides is 3. The minimum Gasteiger partial charge on any atom is -0.354 e. The molecule has 0 unspecified atom stereocenters. The largest absolute Gasteiger partial charge is 0.354 e. The van der Waals surface area contributed by atoms with Gasteiger partial charge in [-0.15, -0.1) is 0 Å². The van der Waals surface area contributed by atoms with Gasteiger partial charge in [0.2, 0.25) is 17.7 Å². The van der Waals surface area contributed by atoms with Crippen molar-refractivity contribution in [2.75, 3.05) is 6.54 Å². The number of carbonyl (C=O) groups is 3. The summed E-state index contributed by atoms with van der Waals surface area (Å²) in [4.78, 5) is 38.7. The zero-order valence-electron chi connectivity index (χ0n) is 20.4. The van der Waals surface area contributed by atoms with E-state index >= 15 is 0 Å². The Bertz CT molecular complexity index is 1230. The van der Waals surface area contributed by atoms with Gasteiger partial charge in [-0.25, -0.2) is 8.78 Å². The highest BCUT2D eigenvalue weighted by molar-refractivity contribution is 5.93. The Morgan fingerprint density at radius 1 is 0.946 bits per heavy atom. The van der Waals surface area contributed by atoms with E-state index in [0.717, 1.165) is 29.3 Å². The summed E-state index contributed by atoms with van der Waals surface area (Å²) in [7, 11) is 0. The van der Waals surface area contributed by atoms with Gasteiger partial charge in [0.25, 0.3) is 0 Å². The van der Waals surface area contributed by atoms with Gasteiger partial charge in [-0.3, -0.25) is 14.4 Å². The van der Waals surface area contributed by atoms with Crippen molar-refractivity contribution < 1.29 is 23.2 Å². The van der Waals surface area contributed by atoms with Gasteiger partial charge in [-0.1, -0.05) is 60.7 Å². The highest BCUT2D eigenvalue weighted by Gasteiger charge is 2.37. The van der Waals surface area contributed by atoms with Crippen LogP contribution < -0.4 is 16.0 Å². The van der Waals surface area contributed by atoms with Gasteiger partial charge in [0.1, 0.15) is 23.7 Å². The van der Waals surface area contributed by atoms with Crippen LogP contribution in [0.25, 0.3) is 0 Å². The minimum absolute atomic E-state index is 0.0565. The van der Waals surface area contributed by atoms with Gasteiger partial charge in [0.15, 0.2) is 0 Å². The van der Waals surface area contributed by atoms with Crippen molar-refractivity contribution in [3.8, 4) is 0 Å². The molecule has 4 atom stereocenters. The van der Waals surface area contributed by atoms with E-state index in [4.69, 9.17) is 0 Å². The number of hydrogen-bond donors (Lipinski definition) is 3. The third-order valence-corrected chi connectivity index (χ3v) is 6.60. The zero-order chi connectivity index (χ0) is 26.4. The van der Waals surface area contributed by atoms with Crippen LogP contribution in [0.3, 0.4) is 0 Å². The van der Waals surface area contributed by atoms with E-state index in [1.807, 2.05) is 60.7 Å². The molecule has 4 rings (SSSR count). The zero-order valence-corrected chi connectivity index (χ0v) is 20.4. The third kappa shape index (κ3) is 6.78. The van der Waals surface area contributed by atoms with Gasteiger partial charge in [0, 0.05) is 24.4 Å². The summed E-state index contributed by atoms with van der Waals surface area (Å²) in [6, 6.07) is 20.5. The van der Waals surface area contributed by atoms with Crippen LogP contribution >= 0.6 is 0 Å². The molecule has 3 amide bonds. The second-order valence-electron chi connectivity index (χ2n) is 9.34. The first-order chi connectivity index (χ1) is 17.8. The average Bonchev–Trinajstić information content (AvgIpc) is 3.03. The predicted molar refractivity (Wildman–Crippen MR) is 136 cm³/mol. The summed E-state index contributed by atoms with van der Waals surface area (Å²) < 4.78 is 26.9. The van der Waals surface area contributed by atoms with Crippen LogP contribution in [-0.2, 0) is 20.8 Å². The molecule has 192 valence electrons. The Balaban J connectivity index is 1.48. The molecule has 1 aliphatic heterocycles. The lowest BCUT2D eigenvalue weighted by atomic mass is 9.82. The minimum atomic E-state index is -0.969. The Hall–Kier alpha value is -4.07. The quantitative estimate of drug-likeness (QED) is 0.459. The van der Waals surface area contributed by atoms with Crippen molar-refractivity contribution in [2.24, 2.45) is 0 Å². The summed E-state index contributed by atoms with van der Waals surface area (Å²) in [5.74, 6) is -3.20. The molecule has 3 aromatic rings. The molecule has 1 fully saturated rings. The van der Waals surface area contributed by atoms with E-state index in [-0.39, 0.29) is 29.7 Å². The second-order valence-corrected chi connectivity index (χ2v) is 9.34. The highest BCUT2D eigenvalue weighted by Crippen LogP contribution is 2.34. The first kappa shape index (κ1) is 26.0. The molecule has 1 saturated heterocycles. The first-order valence-corrected chi connectivity index (χ1v) is 12.2. The van der Waals surface area contributed by atoms with E-state index in [1.54, 1.807) is 0 Å². The lowest BCUT2D eigenvalue weighted by molar-refractivity contribution is -0.131. The van der Waals surface area contributed by atoms with E-state index in [2.05, 4.69) is 16.0 Å². The molecule has 8 heteroatoms. The lowest BCUT2D eigenvalue weighted by Crippen LogP contribution is -2.54. The average molecular weight is 506 g/mol. The number of halogens is 2. The summed E-state index contributed by atoms with van der Waals surface area (Å²) in [6.45, 7) is 1.94. The van der Waals surface area contributed by atoms with Crippen molar-refractivity contribution in [3.05, 3.63) is 107 Å². The lowest BCUT2D eigenvalue weighted by Gasteiger charge is -2.28. The fourth-order valence-electron chi connectivity index (χ4n) is 4.75. The van der Waals surface area contributed by atoms with E-state index in [9.17, 15) is 23.2 Å². The summed E-state index contributed by atoms with van der Waals surface area (Å²) >= 11 is 0. The van der Waals surface area contributed by atoms with Crippen LogP contribution in [0.15, 0.2) is 78.9 Å². The topological polar surface area (TPSA) is 87.3 Å². The van der Waals surface area contributed by atoms with Gasteiger partial charge >= 0.3 is 0 Å². The van der Waals surface area contributed by atoms with Crippen LogP contribution in [-0.4, -0.2) is 36.3 Å². The van der Waals surface area contributed by atoms with Crippen molar-refractivity contribution in [1.29, 1.82) is 0 Å². The van der Waals surface area contributed by atoms with Gasteiger partial charge in [-0.2, -0.15) is 0 Å². The Morgan fingerprint density at radius 3 is 2.16 bits per heavy atom. The normalized spacial score (nSPS) is 20.3. The van der Waals surface area contributed by atoms with Crippen molar-refractivity contribution in [2.45, 2.75) is 43.7 Å². The number of hydrogen-bond acceptors (Lipinski definition) is 3. The van der Waals surface area contributed by atoms with Crippen molar-refractivity contribution in [3.63, 3.8) is 0 Å². The second kappa shape index (κ2) is 11.8. The molecule has 37 heavy (non-hydrogen) atoms. The Kier molecular flexibility index (Phi) is 8.28. The van der Waals surface area contributed by atoms with Gasteiger partial charge in [-0.05, 0) is 42.2 Å². The standard InChI is InChI=1S/C29H29F2N3O3/c1-18(33-26(35)14-19-12-23(30)16-24(31)13-19)28(36)34-27-25(21-10-6-3-7-11-21)15-22(17-32-29(27)37)20-8-4-2-5-9-20/h2-13,16,18,22,25,27H,14-15,17H2,1H3,(H,32,37)(H,33,35)(H,34,36)/t18-,22+,25-,27-/m0/s1. The Labute approximate surface area is 214 Å². The molecule has 6 nitrogen and oxygen atoms in total. The molecular weight excluding hydrogens is 476 g/mol. The van der Waals surface area contributed by atoms with Gasteiger partial charge in [0.05, 0.1) is 6.42 Å². The number of carbonyl (C=O) groups excluding carboxylic acids is 3. The fraction of sp³-hybridized carbons (Fsp3) is 0.276. The molecule has 0 saturated carbocycles. The molecule has 1 aliphatic rings. The van der Waals surface area contributed by atoms with E-state index in [1.165, 1.54) is 6.92 Å². The maximum absolute atomic E-state index is 13.4. The molecule has 0 radical (unpaired) electrons. The van der Waals surface area contributed by atoms with Gasteiger partial charge < -0.3 is 16.0 Å². The van der Waals surface area contributed by atoms with E-state index < -0.39 is 35.5 Å². The third-order valence-electron chi connectivity index (χ3n) is 6.60. The van der Waals surface area contributed by atoms with Crippen molar-refractivity contribution >= 4 is 17.7 Å². The summed E-state index contributed by atoms with van der Waals surface area (Å²) in [6.07, 6.45) is 0.338. The monoisotopic (exact) mass is 505 g/mol. The highest BCUT2D eigenvalue weighted by atomic mass is 19.1. The number of nitrogens with one attached hydrogen (secondary N) is 3. The maximum atomic E-state index is 13.4. The molecule has 0 bridgehead atoms. The predicted octanol–water partition coefficient (Wildman–Crippen LogP) is 3.58. The molecule has 0 aromatic heterocycles. The first-order valence-electron chi connectivity index (χ1n) is 12.2. The molecule has 0 aliphatic carbocycles. The van der Waals surface area contributed by atoms with Crippen LogP contribution in [0.2, 0.25) is 0 Å². The van der Waals surface area contributed by atoms with Crippen LogP contribution in [0.5, 0.6) is 0 Å². The number of benzene rings is 3. The maximum Gasteiger partial charge on any atom is 0.243 e. The SMILES string of the molecule is C[C@H](NC(=O)Cc1cc(F)cc(F)c1)C(=O)N[C@@H]1C(=O)NC[C@H](c2ccccc2)C[C@H]1c1ccccc1. The summed E-state index contributed by atoms with van der Waals surface area (Å²) in [5, 5.41) is 8.34. The molecule has 3 aromatic carbocycles. The molecule has 3 N–H and O–H groups in total. The van der Waals surface area contributed by atoms with Crippen LogP contribution in [0.1, 0.15) is 41.9 Å². The van der Waals surface area contributed by atoms with Crippen LogP contribution in [0, 0.1) is 11.6 Å². The van der Waals surface area contributed by atoms with E-state index in [0.29, 0.717) is 13.0 Å². The Morgan fingerprint density at radius 2 is 1.54 bits per heavy atom. The smallest absolute Gasteiger partial charge is 0.243 e. The number of rotatable bonds is 7. The van der Waals surface area contributed by atoms with Crippen molar-refractivity contribution in [1.82, 2.24) is 16.0 Å². The molecular formula is C29H29F2N3O3. The molecule has 0 spiro atoms. The molecule has 1 heterocycles. The summed E-state index contributed by atoms with van der Waals surface area (Å²) in [5.41, 5.74) is 2.18. The van der Waals surface area contributed by atoms with Crippen LogP contribution in [0.4, 0.5) is 8.78 Å². The fourth-order valence-corrected chi connectivity index (χ4v) is 4.75.